The van der Waals surface area contributed by atoms with Crippen LogP contribution in [0.25, 0.3) is 0 Å². The maximum atomic E-state index is 12.8. The summed E-state index contributed by atoms with van der Waals surface area (Å²) in [7, 11) is -3.81. The van der Waals surface area contributed by atoms with E-state index in [1.807, 2.05) is 12.2 Å². The van der Waals surface area contributed by atoms with Crippen molar-refractivity contribution in [3.63, 3.8) is 0 Å². The van der Waals surface area contributed by atoms with Crippen LogP contribution in [0.3, 0.4) is 0 Å². The summed E-state index contributed by atoms with van der Waals surface area (Å²) in [6.07, 6.45) is 0.427. The fourth-order valence-electron chi connectivity index (χ4n) is 3.96. The van der Waals surface area contributed by atoms with Gasteiger partial charge in [-0.15, -0.1) is 0 Å². The van der Waals surface area contributed by atoms with Crippen LogP contribution in [0.5, 0.6) is 0 Å². The Morgan fingerprint density at radius 2 is 1.78 bits per heavy atom. The third-order valence-corrected chi connectivity index (χ3v) is 6.17. The number of nitrogens with one attached hydrogen (secondary N) is 1. The second-order valence-electron chi connectivity index (χ2n) is 6.89. The molecule has 1 aliphatic carbocycles. The molecule has 1 aliphatic heterocycles. The van der Waals surface area contributed by atoms with Gasteiger partial charge >= 0.3 is 6.18 Å². The molecule has 0 saturated carbocycles. The monoisotopic (exact) mass is 394 g/mol. The Labute approximate surface area is 154 Å². The molecule has 0 aromatic heterocycles. The first-order valence-corrected chi connectivity index (χ1v) is 9.96. The number of hydrogen-bond acceptors (Lipinski definition) is 3. The minimum absolute atomic E-state index is 0.0183. The van der Waals surface area contributed by atoms with Crippen LogP contribution in [0.1, 0.15) is 35.1 Å². The van der Waals surface area contributed by atoms with Gasteiger partial charge in [0, 0.05) is 11.6 Å². The first-order chi connectivity index (χ1) is 12.6. The Morgan fingerprint density at radius 3 is 2.41 bits per heavy atom. The lowest BCUT2D eigenvalue weighted by molar-refractivity contribution is -0.137. The van der Waals surface area contributed by atoms with Crippen molar-refractivity contribution < 1.29 is 21.6 Å². The van der Waals surface area contributed by atoms with Gasteiger partial charge in [0.15, 0.2) is 0 Å². The molecule has 0 radical (unpaired) electrons. The van der Waals surface area contributed by atoms with Gasteiger partial charge in [0.05, 0.1) is 16.5 Å². The highest BCUT2D eigenvalue weighted by Gasteiger charge is 2.38. The van der Waals surface area contributed by atoms with Crippen molar-refractivity contribution in [2.45, 2.75) is 29.5 Å². The molecule has 4 nitrogen and oxygen atoms in total. The second kappa shape index (κ2) is 6.10. The normalized spacial score (nSPS) is 24.2. The highest BCUT2D eigenvalue weighted by Crippen LogP contribution is 2.50. The van der Waals surface area contributed by atoms with Crippen molar-refractivity contribution in [2.24, 2.45) is 11.1 Å². The van der Waals surface area contributed by atoms with E-state index in [1.165, 1.54) is 18.2 Å². The van der Waals surface area contributed by atoms with Gasteiger partial charge in [-0.3, -0.25) is 0 Å². The van der Waals surface area contributed by atoms with Crippen molar-refractivity contribution in [3.05, 3.63) is 71.3 Å². The van der Waals surface area contributed by atoms with Gasteiger partial charge in [0.25, 0.3) is 0 Å². The van der Waals surface area contributed by atoms with Gasteiger partial charge in [-0.1, -0.05) is 24.3 Å². The Hall–Kier alpha value is -2.32. The van der Waals surface area contributed by atoms with Crippen LogP contribution >= 0.6 is 0 Å². The van der Waals surface area contributed by atoms with Crippen molar-refractivity contribution in [1.82, 2.24) is 0 Å². The predicted molar refractivity (Wildman–Crippen MR) is 95.6 cm³/mol. The second-order valence-corrected chi connectivity index (χ2v) is 8.45. The van der Waals surface area contributed by atoms with Gasteiger partial charge in [-0.05, 0) is 53.8 Å². The zero-order chi connectivity index (χ0) is 19.4. The van der Waals surface area contributed by atoms with Gasteiger partial charge in [0.2, 0.25) is 10.0 Å². The third-order valence-electron chi connectivity index (χ3n) is 5.26. The molecule has 4 rings (SSSR count). The molecule has 0 amide bonds. The van der Waals surface area contributed by atoms with Crippen LogP contribution in [-0.4, -0.2) is 8.42 Å². The predicted octanol–water partition coefficient (Wildman–Crippen LogP) is 4.18. The fourth-order valence-corrected chi connectivity index (χ4v) is 4.51. The highest BCUT2D eigenvalue weighted by molar-refractivity contribution is 7.89. The summed E-state index contributed by atoms with van der Waals surface area (Å²) in [5.74, 6) is 0.0696. The molecule has 2 aromatic rings. The number of sulfonamides is 1. The summed E-state index contributed by atoms with van der Waals surface area (Å²) >= 11 is 0. The molecule has 0 unspecified atom stereocenters. The van der Waals surface area contributed by atoms with Crippen LogP contribution in [0, 0.1) is 5.92 Å². The quantitative estimate of drug-likeness (QED) is 0.751. The van der Waals surface area contributed by atoms with Crippen molar-refractivity contribution >= 4 is 15.7 Å². The number of halogens is 3. The van der Waals surface area contributed by atoms with Crippen LogP contribution in [0.4, 0.5) is 18.9 Å². The van der Waals surface area contributed by atoms with E-state index >= 15 is 0 Å². The molecule has 3 N–H and O–H groups in total. The van der Waals surface area contributed by atoms with Crippen LogP contribution in [0.2, 0.25) is 0 Å². The summed E-state index contributed by atoms with van der Waals surface area (Å²) in [4.78, 5) is 0.0510. The maximum Gasteiger partial charge on any atom is 0.416 e. The van der Waals surface area contributed by atoms with E-state index in [9.17, 15) is 21.6 Å². The first kappa shape index (κ1) is 18.1. The Bertz CT molecular complexity index is 1010. The molecular formula is C19H17F3N2O2S. The number of alkyl halides is 3. The fraction of sp³-hybridized carbons (Fsp3) is 0.263. The summed E-state index contributed by atoms with van der Waals surface area (Å²) in [5, 5.41) is 8.60. The smallest absolute Gasteiger partial charge is 0.378 e. The third kappa shape index (κ3) is 3.23. The van der Waals surface area contributed by atoms with E-state index in [2.05, 4.69) is 5.32 Å². The zero-order valence-electron chi connectivity index (χ0n) is 14.1. The SMILES string of the molecule is NS(=O)(=O)c1ccc2c(c1)[C@H]1C=CC[C@H]1[C@@H](c1ccc(C(F)(F)F)cc1)N2. The maximum absolute atomic E-state index is 12.8. The number of fused-ring (bicyclic) bond motifs is 3. The molecule has 0 bridgehead atoms. The average molecular weight is 394 g/mol. The molecule has 27 heavy (non-hydrogen) atoms. The van der Waals surface area contributed by atoms with Crippen LogP contribution in [0.15, 0.2) is 59.5 Å². The highest BCUT2D eigenvalue weighted by atomic mass is 32.2. The zero-order valence-corrected chi connectivity index (χ0v) is 14.9. The van der Waals surface area contributed by atoms with Gasteiger partial charge < -0.3 is 5.32 Å². The lowest BCUT2D eigenvalue weighted by Gasteiger charge is -2.37. The molecule has 142 valence electrons. The summed E-state index contributed by atoms with van der Waals surface area (Å²) < 4.78 is 61.8. The Balaban J connectivity index is 1.72. The lowest BCUT2D eigenvalue weighted by Crippen LogP contribution is -2.29. The number of allylic oxidation sites excluding steroid dienone is 2. The van der Waals surface area contributed by atoms with E-state index in [1.54, 1.807) is 12.1 Å². The standard InChI is InChI=1S/C19H17F3N2O2S/c20-19(21,22)12-6-4-11(5-7-12)18-15-3-1-2-14(15)16-10-13(27(23,25)26)8-9-17(16)24-18/h1-2,4-10,14-15,18,24H,3H2,(H2,23,25,26)/t14-,15+,18+/m0/s1. The minimum atomic E-state index is -4.37. The van der Waals surface area contributed by atoms with Gasteiger partial charge in [-0.2, -0.15) is 13.2 Å². The summed E-state index contributed by atoms with van der Waals surface area (Å²) in [5.41, 5.74) is 1.69. The number of rotatable bonds is 2. The van der Waals surface area contributed by atoms with E-state index in [0.717, 1.165) is 35.4 Å². The van der Waals surface area contributed by atoms with Crippen LogP contribution < -0.4 is 10.5 Å². The number of hydrogen-bond donors (Lipinski definition) is 2. The van der Waals surface area contributed by atoms with Crippen molar-refractivity contribution in [1.29, 1.82) is 0 Å². The molecule has 8 heteroatoms. The van der Waals surface area contributed by atoms with Crippen molar-refractivity contribution in [2.75, 3.05) is 5.32 Å². The largest absolute Gasteiger partial charge is 0.416 e. The summed E-state index contributed by atoms with van der Waals surface area (Å²) in [6, 6.07) is 9.69. The molecule has 0 fully saturated rings. The molecule has 0 saturated heterocycles. The van der Waals surface area contributed by atoms with E-state index in [0.29, 0.717) is 0 Å². The average Bonchev–Trinajstić information content (AvgIpc) is 3.09. The van der Waals surface area contributed by atoms with Gasteiger partial charge in [0.1, 0.15) is 0 Å². The van der Waals surface area contributed by atoms with Crippen LogP contribution in [-0.2, 0) is 16.2 Å². The van der Waals surface area contributed by atoms with Crippen molar-refractivity contribution in [3.8, 4) is 0 Å². The van der Waals surface area contributed by atoms with E-state index in [-0.39, 0.29) is 22.8 Å². The van der Waals surface area contributed by atoms with Gasteiger partial charge in [-0.25, -0.2) is 13.6 Å². The summed E-state index contributed by atoms with van der Waals surface area (Å²) in [6.45, 7) is 0. The molecule has 2 aliphatic rings. The first-order valence-electron chi connectivity index (χ1n) is 8.42. The molecule has 2 aromatic carbocycles. The molecule has 0 spiro atoms. The molecular weight excluding hydrogens is 377 g/mol. The topological polar surface area (TPSA) is 72.2 Å². The number of benzene rings is 2. The Morgan fingerprint density at radius 1 is 1.07 bits per heavy atom. The van der Waals surface area contributed by atoms with E-state index in [4.69, 9.17) is 5.14 Å². The Kier molecular flexibility index (Phi) is 4.08. The lowest BCUT2D eigenvalue weighted by atomic mass is 9.77. The number of nitrogens with two attached hydrogens (primary N) is 1. The number of primary sulfonamides is 1. The molecule has 1 heterocycles. The minimum Gasteiger partial charge on any atom is -0.378 e. The number of anilines is 1. The molecule has 3 atom stereocenters. The van der Waals surface area contributed by atoms with E-state index < -0.39 is 21.8 Å².